The van der Waals surface area contributed by atoms with Crippen LogP contribution in [-0.4, -0.2) is 72.8 Å². The average molecular weight is 433 g/mol. The van der Waals surface area contributed by atoms with Crippen molar-refractivity contribution in [2.24, 2.45) is 0 Å². The molecular weight excluding hydrogens is 406 g/mol. The second-order valence-corrected chi connectivity index (χ2v) is 8.00. The molecule has 0 unspecified atom stereocenters. The van der Waals surface area contributed by atoms with E-state index < -0.39 is 24.1 Å². The smallest absolute Gasteiger partial charge is 0.258 e. The predicted octanol–water partition coefficient (Wildman–Crippen LogP) is 1.75. The third kappa shape index (κ3) is 3.46. The Labute approximate surface area is 180 Å². The highest BCUT2D eigenvalue weighted by Crippen LogP contribution is 2.48. The number of nitrogens with zero attached hydrogens (tertiary/aromatic N) is 1. The number of hydrogen-bond acceptors (Lipinski definition) is 8. The topological polar surface area (TPSA) is 104 Å². The molecule has 4 rings (SSSR count). The second kappa shape index (κ2) is 7.81. The van der Waals surface area contributed by atoms with Crippen molar-refractivity contribution in [3.8, 4) is 17.2 Å². The van der Waals surface area contributed by atoms with Gasteiger partial charge < -0.3 is 33.7 Å². The number of benzene rings is 1. The van der Waals surface area contributed by atoms with Gasteiger partial charge in [-0.25, -0.2) is 0 Å². The van der Waals surface area contributed by atoms with Crippen LogP contribution in [0.4, 0.5) is 0 Å². The van der Waals surface area contributed by atoms with Crippen LogP contribution in [0, 0.1) is 0 Å². The molecule has 0 spiro atoms. The molecule has 1 fully saturated rings. The van der Waals surface area contributed by atoms with E-state index in [1.807, 2.05) is 13.8 Å². The molecule has 9 heteroatoms. The van der Waals surface area contributed by atoms with Crippen LogP contribution in [0.3, 0.4) is 0 Å². The Balaban J connectivity index is 1.89. The minimum atomic E-state index is -1.09. The van der Waals surface area contributed by atoms with Crippen LogP contribution >= 0.6 is 0 Å². The molecule has 1 aromatic rings. The molecule has 1 aromatic carbocycles. The Bertz CT molecular complexity index is 949. The molecule has 9 nitrogen and oxygen atoms in total. The lowest BCUT2D eigenvalue weighted by Crippen LogP contribution is -2.43. The number of amides is 1. The molecule has 1 N–H and O–H groups in total. The van der Waals surface area contributed by atoms with Gasteiger partial charge in [0.25, 0.3) is 5.91 Å². The first-order valence-corrected chi connectivity index (χ1v) is 10.3. The Morgan fingerprint density at radius 2 is 1.97 bits per heavy atom. The van der Waals surface area contributed by atoms with Crippen molar-refractivity contribution in [1.29, 1.82) is 0 Å². The molecule has 0 radical (unpaired) electrons. The van der Waals surface area contributed by atoms with Crippen LogP contribution in [0.15, 0.2) is 12.1 Å². The van der Waals surface area contributed by atoms with Crippen LogP contribution in [0.25, 0.3) is 5.57 Å². The van der Waals surface area contributed by atoms with Crippen molar-refractivity contribution >= 4 is 17.3 Å². The summed E-state index contributed by atoms with van der Waals surface area (Å²) in [5.74, 6) is -0.847. The van der Waals surface area contributed by atoms with Crippen LogP contribution in [0.2, 0.25) is 0 Å². The van der Waals surface area contributed by atoms with E-state index in [9.17, 15) is 14.7 Å². The number of hydrogen-bond donors (Lipinski definition) is 1. The largest absolute Gasteiger partial charge is 0.492 e. The lowest BCUT2D eigenvalue weighted by atomic mass is 9.84. The standard InChI is InChI=1S/C22H27NO8/c1-6-23(7-2)21(26)15-11(9-14-18(19(15)27-5)29-10-28-14)12-8-13(24)17-20(16(12)25)31-22(3,4)30-17/h8-9,13,17,20,24H,6-7,10H2,1-5H3/t13-,17+,20-/m0/s1. The zero-order chi connectivity index (χ0) is 22.5. The van der Waals surface area contributed by atoms with Gasteiger partial charge in [-0.15, -0.1) is 0 Å². The number of aliphatic hydroxyl groups excluding tert-OH is 1. The summed E-state index contributed by atoms with van der Waals surface area (Å²) in [5, 5.41) is 10.7. The molecule has 168 valence electrons. The average Bonchev–Trinajstić information content (AvgIpc) is 3.33. The first-order chi connectivity index (χ1) is 14.7. The number of Topliss-reactive ketones (excluding diaryl/α,β-unsaturated/α-hetero) is 1. The number of fused-ring (bicyclic) bond motifs is 2. The molecule has 1 amide bonds. The molecule has 0 bridgehead atoms. The number of aliphatic hydroxyl groups is 1. The van der Waals surface area contributed by atoms with Crippen molar-refractivity contribution in [3.63, 3.8) is 0 Å². The zero-order valence-electron chi connectivity index (χ0n) is 18.3. The summed E-state index contributed by atoms with van der Waals surface area (Å²) < 4.78 is 28.1. The highest BCUT2D eigenvalue weighted by atomic mass is 16.8. The van der Waals surface area contributed by atoms with E-state index in [0.29, 0.717) is 30.2 Å². The molecule has 2 aliphatic heterocycles. The Morgan fingerprint density at radius 3 is 2.61 bits per heavy atom. The van der Waals surface area contributed by atoms with Gasteiger partial charge in [-0.2, -0.15) is 0 Å². The van der Waals surface area contributed by atoms with Crippen molar-refractivity contribution in [3.05, 3.63) is 23.3 Å². The fourth-order valence-electron chi connectivity index (χ4n) is 4.27. The first kappa shape index (κ1) is 21.6. The van der Waals surface area contributed by atoms with Crippen molar-refractivity contribution in [1.82, 2.24) is 4.90 Å². The van der Waals surface area contributed by atoms with Crippen LogP contribution < -0.4 is 14.2 Å². The summed E-state index contributed by atoms with van der Waals surface area (Å²) in [5.41, 5.74) is 0.634. The fourth-order valence-corrected chi connectivity index (χ4v) is 4.27. The van der Waals surface area contributed by atoms with Crippen LogP contribution in [0.1, 0.15) is 43.6 Å². The maximum atomic E-state index is 13.5. The lowest BCUT2D eigenvalue weighted by molar-refractivity contribution is -0.155. The summed E-state index contributed by atoms with van der Waals surface area (Å²) in [6.45, 7) is 8.01. The van der Waals surface area contributed by atoms with E-state index >= 15 is 0 Å². The van der Waals surface area contributed by atoms with Gasteiger partial charge in [0.05, 0.1) is 12.7 Å². The quantitative estimate of drug-likeness (QED) is 0.749. The third-order valence-corrected chi connectivity index (χ3v) is 5.71. The molecule has 1 saturated heterocycles. The lowest BCUT2D eigenvalue weighted by Gasteiger charge is -2.28. The maximum absolute atomic E-state index is 13.5. The summed E-state index contributed by atoms with van der Waals surface area (Å²) in [7, 11) is 1.43. The summed E-state index contributed by atoms with van der Waals surface area (Å²) in [6, 6.07) is 1.58. The minimum absolute atomic E-state index is 0.0283. The van der Waals surface area contributed by atoms with E-state index in [1.54, 1.807) is 24.8 Å². The highest BCUT2D eigenvalue weighted by Gasteiger charge is 2.51. The summed E-state index contributed by atoms with van der Waals surface area (Å²) in [6.07, 6.45) is -1.49. The normalized spacial score (nSPS) is 25.8. The number of carbonyl (C=O) groups is 2. The maximum Gasteiger partial charge on any atom is 0.258 e. The van der Waals surface area contributed by atoms with E-state index in [1.165, 1.54) is 13.2 Å². The van der Waals surface area contributed by atoms with Gasteiger partial charge in [0.1, 0.15) is 12.2 Å². The van der Waals surface area contributed by atoms with E-state index in [4.69, 9.17) is 23.7 Å². The Kier molecular flexibility index (Phi) is 5.45. The monoisotopic (exact) mass is 433 g/mol. The molecule has 3 aliphatic rings. The van der Waals surface area contributed by atoms with Crippen molar-refractivity contribution in [2.45, 2.75) is 51.8 Å². The van der Waals surface area contributed by atoms with Crippen molar-refractivity contribution in [2.75, 3.05) is 27.0 Å². The highest BCUT2D eigenvalue weighted by molar-refractivity contribution is 6.26. The van der Waals surface area contributed by atoms with E-state index in [0.717, 1.165) is 0 Å². The van der Waals surface area contributed by atoms with Gasteiger partial charge in [0.2, 0.25) is 12.5 Å². The number of carbonyl (C=O) groups excluding carboxylic acids is 2. The van der Waals surface area contributed by atoms with Gasteiger partial charge in [0, 0.05) is 24.2 Å². The Morgan fingerprint density at radius 1 is 1.26 bits per heavy atom. The molecule has 2 heterocycles. The van der Waals surface area contributed by atoms with E-state index in [-0.39, 0.29) is 35.4 Å². The van der Waals surface area contributed by atoms with Crippen molar-refractivity contribution < 1.29 is 38.4 Å². The van der Waals surface area contributed by atoms with Gasteiger partial charge in [-0.1, -0.05) is 0 Å². The first-order valence-electron chi connectivity index (χ1n) is 10.3. The summed E-state index contributed by atoms with van der Waals surface area (Å²) >= 11 is 0. The number of rotatable bonds is 5. The molecule has 1 aliphatic carbocycles. The fraction of sp³-hybridized carbons (Fsp3) is 0.545. The molecule has 3 atom stereocenters. The minimum Gasteiger partial charge on any atom is -0.492 e. The van der Waals surface area contributed by atoms with Gasteiger partial charge >= 0.3 is 0 Å². The predicted molar refractivity (Wildman–Crippen MR) is 109 cm³/mol. The molecular formula is C22H27NO8. The van der Waals surface area contributed by atoms with Gasteiger partial charge in [0.15, 0.2) is 29.2 Å². The van der Waals surface area contributed by atoms with Gasteiger partial charge in [-0.3, -0.25) is 9.59 Å². The van der Waals surface area contributed by atoms with Crippen LogP contribution in [0.5, 0.6) is 17.2 Å². The second-order valence-electron chi connectivity index (χ2n) is 8.00. The molecule has 31 heavy (non-hydrogen) atoms. The number of ether oxygens (including phenoxy) is 5. The molecule has 0 saturated carbocycles. The SMILES string of the molecule is CCN(CC)C(=O)c1c(C2=C[C@H](O)[C@H]3OC(C)(C)O[C@H]3C2=O)cc2c(c1OC)OCO2. The number of ketones is 1. The summed E-state index contributed by atoms with van der Waals surface area (Å²) in [4.78, 5) is 28.5. The molecule has 0 aromatic heterocycles. The zero-order valence-corrected chi connectivity index (χ0v) is 18.3. The van der Waals surface area contributed by atoms with Gasteiger partial charge in [-0.05, 0) is 39.8 Å². The van der Waals surface area contributed by atoms with Crippen LogP contribution in [-0.2, 0) is 14.3 Å². The third-order valence-electron chi connectivity index (χ3n) is 5.71. The van der Waals surface area contributed by atoms with E-state index in [2.05, 4.69) is 0 Å². The Hall–Kier alpha value is -2.62. The number of methoxy groups -OCH3 is 1.